The van der Waals surface area contributed by atoms with Crippen molar-refractivity contribution in [2.75, 3.05) is 11.4 Å². The van der Waals surface area contributed by atoms with E-state index in [4.69, 9.17) is 0 Å². The minimum absolute atomic E-state index is 0.0429. The second-order valence-electron chi connectivity index (χ2n) is 6.19. The Morgan fingerprint density at radius 1 is 1.21 bits per heavy atom. The maximum absolute atomic E-state index is 12.7. The molecule has 2 amide bonds. The Hall–Kier alpha value is -2.56. The number of carbonyl (C=O) groups excluding carboxylic acids is 2. The number of benzene rings is 2. The van der Waals surface area contributed by atoms with Crippen LogP contribution in [0.15, 0.2) is 69.7 Å². The summed E-state index contributed by atoms with van der Waals surface area (Å²) >= 11 is 4.61. The van der Waals surface area contributed by atoms with Crippen molar-refractivity contribution in [2.24, 2.45) is 0 Å². The molecule has 1 aliphatic rings. The Balaban J connectivity index is 1.82. The fourth-order valence-electron chi connectivity index (χ4n) is 2.81. The molecule has 1 fully saturated rings. The molecule has 2 aromatic rings. The maximum Gasteiger partial charge on any atom is 0.264 e. The van der Waals surface area contributed by atoms with E-state index in [1.54, 1.807) is 19.1 Å². The van der Waals surface area contributed by atoms with E-state index < -0.39 is 5.91 Å². The lowest BCUT2D eigenvalue weighted by Gasteiger charge is -2.18. The highest BCUT2D eigenvalue weighted by molar-refractivity contribution is 9.10. The third-order valence-corrected chi connectivity index (χ3v) is 5.93. The summed E-state index contributed by atoms with van der Waals surface area (Å²) in [6, 6.07) is 19.0. The summed E-state index contributed by atoms with van der Waals surface area (Å²) in [6.07, 6.45) is 0.666. The third-order valence-electron chi connectivity index (χ3n) is 4.24. The van der Waals surface area contributed by atoms with E-state index in [1.165, 1.54) is 16.7 Å². The molecule has 0 saturated carbocycles. The quantitative estimate of drug-likeness (QED) is 0.545. The van der Waals surface area contributed by atoms with Crippen LogP contribution < -0.4 is 10.2 Å². The molecular formula is C21H18BrN3O2S. The van der Waals surface area contributed by atoms with Crippen LogP contribution in [-0.4, -0.2) is 23.6 Å². The molecule has 7 heteroatoms. The summed E-state index contributed by atoms with van der Waals surface area (Å²) in [5.41, 5.74) is 1.69. The van der Waals surface area contributed by atoms with Crippen molar-refractivity contribution in [2.45, 2.75) is 18.6 Å². The number of nitrogens with zero attached hydrogens (tertiary/aromatic N) is 2. The van der Waals surface area contributed by atoms with Crippen LogP contribution in [0.4, 0.5) is 5.69 Å². The van der Waals surface area contributed by atoms with Gasteiger partial charge in [-0.2, -0.15) is 5.26 Å². The third kappa shape index (κ3) is 4.46. The summed E-state index contributed by atoms with van der Waals surface area (Å²) in [5, 5.41) is 12.4. The fraction of sp³-hybridized carbons (Fsp3) is 0.190. The van der Waals surface area contributed by atoms with Gasteiger partial charge < -0.3 is 5.32 Å². The number of hydrogen-bond acceptors (Lipinski definition) is 4. The topological polar surface area (TPSA) is 73.2 Å². The first-order valence-electron chi connectivity index (χ1n) is 8.74. The van der Waals surface area contributed by atoms with E-state index in [-0.39, 0.29) is 16.7 Å². The summed E-state index contributed by atoms with van der Waals surface area (Å²) in [7, 11) is 0. The zero-order valence-corrected chi connectivity index (χ0v) is 17.6. The molecule has 0 unspecified atom stereocenters. The second-order valence-corrected chi connectivity index (χ2v) is 8.44. The molecule has 28 heavy (non-hydrogen) atoms. The summed E-state index contributed by atoms with van der Waals surface area (Å²) in [4.78, 5) is 26.8. The number of thioether (sulfide) groups is 1. The highest BCUT2D eigenvalue weighted by Crippen LogP contribution is 2.40. The number of hydrogen-bond donors (Lipinski definition) is 1. The molecule has 0 aromatic heterocycles. The van der Waals surface area contributed by atoms with E-state index in [0.717, 1.165) is 10.0 Å². The number of halogens is 1. The molecule has 3 rings (SSSR count). The van der Waals surface area contributed by atoms with Crippen molar-refractivity contribution < 1.29 is 9.59 Å². The predicted molar refractivity (Wildman–Crippen MR) is 114 cm³/mol. The number of nitrogens with one attached hydrogen (secondary N) is 1. The van der Waals surface area contributed by atoms with Gasteiger partial charge in [0.2, 0.25) is 5.91 Å². The average molecular weight is 456 g/mol. The molecule has 1 aliphatic heterocycles. The standard InChI is InChI=1S/C21H18BrN3O2S/c1-14-20(27)25(17-9-7-16(22)8-10-17)21(28-14)18(13-23)19(26)24-12-11-15-5-3-2-4-6-15/h2-10,14H,11-12H2,1H3,(H,24,26)/b21-18-/t14-/m1/s1. The number of anilines is 1. The van der Waals surface area contributed by atoms with Gasteiger partial charge in [-0.05, 0) is 43.2 Å². The van der Waals surface area contributed by atoms with Crippen molar-refractivity contribution in [3.8, 4) is 6.07 Å². The first-order valence-corrected chi connectivity index (χ1v) is 10.4. The van der Waals surface area contributed by atoms with E-state index >= 15 is 0 Å². The van der Waals surface area contributed by atoms with Crippen molar-refractivity contribution in [1.82, 2.24) is 5.32 Å². The normalized spacial score (nSPS) is 18.0. The Bertz CT molecular complexity index is 952. The van der Waals surface area contributed by atoms with Gasteiger partial charge in [0.25, 0.3) is 5.91 Å². The van der Waals surface area contributed by atoms with E-state index in [9.17, 15) is 14.9 Å². The Kier molecular flexibility index (Phi) is 6.55. The van der Waals surface area contributed by atoms with Crippen molar-refractivity contribution in [3.05, 3.63) is 75.2 Å². The molecule has 5 nitrogen and oxygen atoms in total. The minimum atomic E-state index is -0.468. The number of rotatable bonds is 5. The molecule has 1 atom stereocenters. The average Bonchev–Trinajstić information content (AvgIpc) is 2.98. The molecule has 0 spiro atoms. The van der Waals surface area contributed by atoms with Crippen LogP contribution in [0.5, 0.6) is 0 Å². The second kappa shape index (κ2) is 9.09. The fourth-order valence-corrected chi connectivity index (χ4v) is 4.17. The van der Waals surface area contributed by atoms with Crippen LogP contribution >= 0.6 is 27.7 Å². The largest absolute Gasteiger partial charge is 0.351 e. The van der Waals surface area contributed by atoms with Gasteiger partial charge in [-0.25, -0.2) is 0 Å². The zero-order valence-electron chi connectivity index (χ0n) is 15.2. The molecule has 142 valence electrons. The zero-order chi connectivity index (χ0) is 20.1. The van der Waals surface area contributed by atoms with Gasteiger partial charge in [0.15, 0.2) is 0 Å². The monoisotopic (exact) mass is 455 g/mol. The van der Waals surface area contributed by atoms with Crippen molar-refractivity contribution in [3.63, 3.8) is 0 Å². The van der Waals surface area contributed by atoms with Crippen LogP contribution in [0.25, 0.3) is 0 Å². The van der Waals surface area contributed by atoms with Crippen molar-refractivity contribution >= 4 is 45.2 Å². The number of nitriles is 1. The molecule has 1 N–H and O–H groups in total. The highest BCUT2D eigenvalue weighted by atomic mass is 79.9. The van der Waals surface area contributed by atoms with E-state index in [1.807, 2.05) is 48.5 Å². The summed E-state index contributed by atoms with van der Waals surface area (Å²) < 4.78 is 0.883. The maximum atomic E-state index is 12.7. The molecule has 0 radical (unpaired) electrons. The van der Waals surface area contributed by atoms with Gasteiger partial charge in [-0.15, -0.1) is 0 Å². The highest BCUT2D eigenvalue weighted by Gasteiger charge is 2.38. The minimum Gasteiger partial charge on any atom is -0.351 e. The lowest BCUT2D eigenvalue weighted by Crippen LogP contribution is -2.31. The summed E-state index contributed by atoms with van der Waals surface area (Å²) in [5.74, 6) is -0.614. The molecule has 1 heterocycles. The molecule has 1 saturated heterocycles. The molecule has 0 aliphatic carbocycles. The van der Waals surface area contributed by atoms with Gasteiger partial charge in [0, 0.05) is 16.7 Å². The first kappa shape index (κ1) is 20.2. The molecule has 2 aromatic carbocycles. The molecule has 0 bridgehead atoms. The van der Waals surface area contributed by atoms with Crippen LogP contribution in [0.1, 0.15) is 12.5 Å². The van der Waals surface area contributed by atoms with Crippen LogP contribution in [0, 0.1) is 11.3 Å². The smallest absolute Gasteiger partial charge is 0.264 e. The Morgan fingerprint density at radius 2 is 1.89 bits per heavy atom. The van der Waals surface area contributed by atoms with E-state index in [2.05, 4.69) is 21.2 Å². The predicted octanol–water partition coefficient (Wildman–Crippen LogP) is 4.01. The molecular weight excluding hydrogens is 438 g/mol. The van der Waals surface area contributed by atoms with Gasteiger partial charge in [0.05, 0.1) is 5.25 Å². The Morgan fingerprint density at radius 3 is 2.54 bits per heavy atom. The SMILES string of the molecule is C[C@H]1S/C(=C(/C#N)C(=O)NCCc2ccccc2)N(c2ccc(Br)cc2)C1=O. The van der Waals surface area contributed by atoms with Gasteiger partial charge in [-0.1, -0.05) is 58.0 Å². The first-order chi connectivity index (χ1) is 13.5. The van der Waals surface area contributed by atoms with Crippen LogP contribution in [0.3, 0.4) is 0 Å². The number of amides is 2. The van der Waals surface area contributed by atoms with Gasteiger partial charge >= 0.3 is 0 Å². The Labute approximate surface area is 176 Å². The lowest BCUT2D eigenvalue weighted by molar-refractivity contribution is -0.117. The van der Waals surface area contributed by atoms with Crippen molar-refractivity contribution in [1.29, 1.82) is 5.26 Å². The summed E-state index contributed by atoms with van der Waals surface area (Å²) in [6.45, 7) is 2.18. The van der Waals surface area contributed by atoms with Gasteiger partial charge in [0.1, 0.15) is 16.7 Å². The van der Waals surface area contributed by atoms with Crippen LogP contribution in [-0.2, 0) is 16.0 Å². The van der Waals surface area contributed by atoms with Gasteiger partial charge in [-0.3, -0.25) is 14.5 Å². The van der Waals surface area contributed by atoms with E-state index in [0.29, 0.717) is 23.7 Å². The van der Waals surface area contributed by atoms with Crippen LogP contribution in [0.2, 0.25) is 0 Å². The lowest BCUT2D eigenvalue weighted by atomic mass is 10.1. The number of carbonyl (C=O) groups is 2.